The van der Waals surface area contributed by atoms with E-state index in [1.54, 1.807) is 12.1 Å². The fourth-order valence-corrected chi connectivity index (χ4v) is 3.35. The molecule has 0 radical (unpaired) electrons. The van der Waals surface area contributed by atoms with Crippen molar-refractivity contribution in [3.05, 3.63) is 34.5 Å². The van der Waals surface area contributed by atoms with Crippen molar-refractivity contribution >= 4 is 16.9 Å². The van der Waals surface area contributed by atoms with Gasteiger partial charge in [0.2, 0.25) is 0 Å². The summed E-state index contributed by atoms with van der Waals surface area (Å²) in [6, 6.07) is 3.53. The Bertz CT molecular complexity index is 754. The summed E-state index contributed by atoms with van der Waals surface area (Å²) in [7, 11) is 0. The van der Waals surface area contributed by atoms with E-state index in [-0.39, 0.29) is 12.0 Å². The minimum absolute atomic E-state index is 0.0468. The van der Waals surface area contributed by atoms with Crippen molar-refractivity contribution in [3.63, 3.8) is 0 Å². The lowest BCUT2D eigenvalue weighted by Gasteiger charge is -2.23. The van der Waals surface area contributed by atoms with Crippen LogP contribution < -0.4 is 5.73 Å². The molecule has 5 nitrogen and oxygen atoms in total. The van der Waals surface area contributed by atoms with Gasteiger partial charge in [-0.05, 0) is 55.0 Å². The predicted molar refractivity (Wildman–Crippen MR) is 96.8 cm³/mol. The van der Waals surface area contributed by atoms with Crippen molar-refractivity contribution in [2.24, 2.45) is 5.73 Å². The molecule has 0 atom stereocenters. The molecule has 0 saturated heterocycles. The number of aryl methyl sites for hydroxylation is 1. The first-order valence-corrected chi connectivity index (χ1v) is 8.42. The normalized spacial score (nSPS) is 12.1. The molecule has 0 fully saturated rings. The zero-order valence-electron chi connectivity index (χ0n) is 15.0. The lowest BCUT2D eigenvalue weighted by atomic mass is 9.84. The number of nitrogens with two attached hydrogens (primary N) is 1. The third-order valence-electron chi connectivity index (χ3n) is 4.56. The van der Waals surface area contributed by atoms with Gasteiger partial charge in [0, 0.05) is 17.6 Å². The molecule has 5 heteroatoms. The lowest BCUT2D eigenvalue weighted by molar-refractivity contribution is 0.0697. The van der Waals surface area contributed by atoms with Crippen LogP contribution in [0.3, 0.4) is 0 Å². The van der Waals surface area contributed by atoms with Crippen molar-refractivity contribution in [1.82, 2.24) is 4.57 Å². The Morgan fingerprint density at radius 1 is 1.29 bits per heavy atom. The second-order valence-corrected chi connectivity index (χ2v) is 7.31. The molecule has 0 aliphatic carbocycles. The number of benzene rings is 1. The number of fused-ring (bicyclic) bond motifs is 1. The standard InChI is InChI=1S/C19H28N2O3/c1-12-14(6-5-7-20)15-10-13(18(23)24)11-16(19(2,3)4)17(15)21(12)8-9-22/h10-11,22H,5-9,20H2,1-4H3,(H,23,24). The average Bonchev–Trinajstić information content (AvgIpc) is 2.76. The summed E-state index contributed by atoms with van der Waals surface area (Å²) in [5, 5.41) is 20.0. The first-order chi connectivity index (χ1) is 11.2. The zero-order chi connectivity index (χ0) is 18.1. The third-order valence-corrected chi connectivity index (χ3v) is 4.56. The van der Waals surface area contributed by atoms with Crippen LogP contribution >= 0.6 is 0 Å². The first kappa shape index (κ1) is 18.5. The molecule has 0 spiro atoms. The van der Waals surface area contributed by atoms with Crippen LogP contribution in [0.25, 0.3) is 10.9 Å². The van der Waals surface area contributed by atoms with E-state index < -0.39 is 5.97 Å². The first-order valence-electron chi connectivity index (χ1n) is 8.42. The second-order valence-electron chi connectivity index (χ2n) is 7.31. The topological polar surface area (TPSA) is 88.5 Å². The molecule has 1 heterocycles. The van der Waals surface area contributed by atoms with Crippen molar-refractivity contribution in [3.8, 4) is 0 Å². The Balaban J connectivity index is 2.90. The monoisotopic (exact) mass is 332 g/mol. The third kappa shape index (κ3) is 3.32. The molecule has 0 bridgehead atoms. The molecule has 0 aliphatic rings. The molecule has 1 aromatic heterocycles. The minimum Gasteiger partial charge on any atom is -0.478 e. The van der Waals surface area contributed by atoms with E-state index in [1.165, 1.54) is 0 Å². The molecule has 4 N–H and O–H groups in total. The van der Waals surface area contributed by atoms with E-state index in [0.29, 0.717) is 18.7 Å². The maximum atomic E-state index is 11.6. The van der Waals surface area contributed by atoms with Crippen LogP contribution in [0.15, 0.2) is 12.1 Å². The van der Waals surface area contributed by atoms with E-state index in [1.807, 2.05) is 6.92 Å². The Morgan fingerprint density at radius 2 is 1.96 bits per heavy atom. The molecule has 0 saturated carbocycles. The highest BCUT2D eigenvalue weighted by Gasteiger charge is 2.25. The lowest BCUT2D eigenvalue weighted by Crippen LogP contribution is -2.16. The number of carboxylic acid groups (broad SMARTS) is 1. The summed E-state index contributed by atoms with van der Waals surface area (Å²) >= 11 is 0. The number of carbonyl (C=O) groups is 1. The van der Waals surface area contributed by atoms with Gasteiger partial charge < -0.3 is 20.5 Å². The number of aromatic nitrogens is 1. The van der Waals surface area contributed by atoms with Gasteiger partial charge in [0.1, 0.15) is 0 Å². The van der Waals surface area contributed by atoms with Gasteiger partial charge in [-0.3, -0.25) is 0 Å². The Kier molecular flexibility index (Phi) is 5.35. The van der Waals surface area contributed by atoms with Crippen molar-refractivity contribution in [1.29, 1.82) is 0 Å². The van der Waals surface area contributed by atoms with Gasteiger partial charge in [0.05, 0.1) is 17.7 Å². The van der Waals surface area contributed by atoms with E-state index in [0.717, 1.165) is 40.6 Å². The molecule has 24 heavy (non-hydrogen) atoms. The summed E-state index contributed by atoms with van der Waals surface area (Å²) in [6.07, 6.45) is 1.66. The van der Waals surface area contributed by atoms with Crippen molar-refractivity contribution in [2.45, 2.75) is 52.5 Å². The Morgan fingerprint density at radius 3 is 2.46 bits per heavy atom. The van der Waals surface area contributed by atoms with Gasteiger partial charge in [0.25, 0.3) is 0 Å². The predicted octanol–water partition coefficient (Wildman–Crippen LogP) is 2.83. The maximum absolute atomic E-state index is 11.6. The molecule has 0 unspecified atom stereocenters. The SMILES string of the molecule is Cc1c(CCCN)c2cc(C(=O)O)cc(C(C)(C)C)c2n1CCO. The quantitative estimate of drug-likeness (QED) is 0.759. The van der Waals surface area contributed by atoms with Crippen LogP contribution in [0.5, 0.6) is 0 Å². The molecule has 132 valence electrons. The van der Waals surface area contributed by atoms with Crippen LogP contribution in [0.4, 0.5) is 0 Å². The summed E-state index contributed by atoms with van der Waals surface area (Å²) in [4.78, 5) is 11.6. The summed E-state index contributed by atoms with van der Waals surface area (Å²) in [5.41, 5.74) is 10.0. The largest absolute Gasteiger partial charge is 0.478 e. The van der Waals surface area contributed by atoms with Crippen LogP contribution in [-0.2, 0) is 18.4 Å². The number of hydrogen-bond donors (Lipinski definition) is 3. The highest BCUT2D eigenvalue weighted by atomic mass is 16.4. The van der Waals surface area contributed by atoms with Gasteiger partial charge in [-0.1, -0.05) is 20.8 Å². The molecule has 2 rings (SSSR count). The number of aliphatic hydroxyl groups excluding tert-OH is 1. The van der Waals surface area contributed by atoms with Crippen molar-refractivity contribution < 1.29 is 15.0 Å². The molecule has 0 amide bonds. The van der Waals surface area contributed by atoms with E-state index in [4.69, 9.17) is 5.73 Å². The van der Waals surface area contributed by atoms with Crippen LogP contribution in [0.2, 0.25) is 0 Å². The number of rotatable bonds is 6. The zero-order valence-corrected chi connectivity index (χ0v) is 15.0. The number of aliphatic hydroxyl groups is 1. The molecule has 1 aromatic carbocycles. The smallest absolute Gasteiger partial charge is 0.335 e. The molecular formula is C19H28N2O3. The van der Waals surface area contributed by atoms with E-state index in [9.17, 15) is 15.0 Å². The number of nitrogens with zero attached hydrogens (tertiary/aromatic N) is 1. The Labute approximate surface area is 143 Å². The van der Waals surface area contributed by atoms with Gasteiger partial charge >= 0.3 is 5.97 Å². The van der Waals surface area contributed by atoms with Gasteiger partial charge in [-0.2, -0.15) is 0 Å². The van der Waals surface area contributed by atoms with E-state index in [2.05, 4.69) is 25.3 Å². The second kappa shape index (κ2) is 6.95. The van der Waals surface area contributed by atoms with Gasteiger partial charge in [0.15, 0.2) is 0 Å². The summed E-state index contributed by atoms with van der Waals surface area (Å²) in [6.45, 7) is 9.42. The average molecular weight is 332 g/mol. The van der Waals surface area contributed by atoms with Gasteiger partial charge in [-0.25, -0.2) is 4.79 Å². The summed E-state index contributed by atoms with van der Waals surface area (Å²) in [5.74, 6) is -0.917. The minimum atomic E-state index is -0.917. The van der Waals surface area contributed by atoms with Gasteiger partial charge in [-0.15, -0.1) is 0 Å². The number of carboxylic acids is 1. The summed E-state index contributed by atoms with van der Waals surface area (Å²) < 4.78 is 2.12. The van der Waals surface area contributed by atoms with Crippen LogP contribution in [0, 0.1) is 6.92 Å². The van der Waals surface area contributed by atoms with Crippen LogP contribution in [0.1, 0.15) is 54.4 Å². The van der Waals surface area contributed by atoms with E-state index >= 15 is 0 Å². The highest BCUT2D eigenvalue weighted by Crippen LogP contribution is 2.36. The Hall–Kier alpha value is -1.85. The number of hydrogen-bond acceptors (Lipinski definition) is 3. The van der Waals surface area contributed by atoms with Crippen LogP contribution in [-0.4, -0.2) is 33.9 Å². The number of aromatic carboxylic acids is 1. The highest BCUT2D eigenvalue weighted by molar-refractivity contribution is 5.97. The fraction of sp³-hybridized carbons (Fsp3) is 0.526. The van der Waals surface area contributed by atoms with Crippen molar-refractivity contribution in [2.75, 3.05) is 13.2 Å². The molecule has 2 aromatic rings. The molecular weight excluding hydrogens is 304 g/mol. The molecule has 0 aliphatic heterocycles. The fourth-order valence-electron chi connectivity index (χ4n) is 3.35. The maximum Gasteiger partial charge on any atom is 0.335 e.